The summed E-state index contributed by atoms with van der Waals surface area (Å²) < 4.78 is 28.7. The second-order valence-corrected chi connectivity index (χ2v) is 5.72. The summed E-state index contributed by atoms with van der Waals surface area (Å²) in [7, 11) is -1.78. The van der Waals surface area contributed by atoms with Crippen molar-refractivity contribution in [1.82, 2.24) is 0 Å². The Morgan fingerprint density at radius 2 is 1.79 bits per heavy atom. The first-order valence-electron chi connectivity index (χ1n) is 4.37. The molecule has 0 atom stereocenters. The lowest BCUT2D eigenvalue weighted by atomic mass is 10.3. The van der Waals surface area contributed by atoms with Gasteiger partial charge in [0.15, 0.2) is 9.84 Å². The molecular formula is C10H14O3S. The molecule has 78 valence electrons. The number of ether oxygens (including phenoxy) is 1. The highest BCUT2D eigenvalue weighted by Gasteiger charge is 2.22. The van der Waals surface area contributed by atoms with Crippen molar-refractivity contribution >= 4 is 9.84 Å². The predicted molar refractivity (Wildman–Crippen MR) is 55.3 cm³/mol. The van der Waals surface area contributed by atoms with Crippen LogP contribution in [0.1, 0.15) is 13.8 Å². The van der Waals surface area contributed by atoms with Gasteiger partial charge >= 0.3 is 0 Å². The van der Waals surface area contributed by atoms with E-state index in [-0.39, 0.29) is 4.90 Å². The zero-order chi connectivity index (χ0) is 10.8. The Kier molecular flexibility index (Phi) is 3.16. The molecule has 0 saturated heterocycles. The lowest BCUT2D eigenvalue weighted by Gasteiger charge is -2.11. The lowest BCUT2D eigenvalue weighted by molar-refractivity contribution is 0.402. The highest BCUT2D eigenvalue weighted by atomic mass is 32.2. The molecule has 0 unspecified atom stereocenters. The SMILES string of the molecule is COc1ccccc1S(=O)(=O)C(C)C. The first-order valence-corrected chi connectivity index (χ1v) is 5.91. The Balaban J connectivity index is 3.32. The molecule has 0 radical (unpaired) electrons. The molecule has 0 bridgehead atoms. The van der Waals surface area contributed by atoms with Gasteiger partial charge in [0.25, 0.3) is 0 Å². The summed E-state index contributed by atoms with van der Waals surface area (Å²) in [6, 6.07) is 6.65. The zero-order valence-electron chi connectivity index (χ0n) is 8.52. The van der Waals surface area contributed by atoms with Crippen LogP contribution in [0.15, 0.2) is 29.2 Å². The van der Waals surface area contributed by atoms with E-state index in [0.29, 0.717) is 5.75 Å². The second-order valence-electron chi connectivity index (χ2n) is 3.24. The van der Waals surface area contributed by atoms with Crippen LogP contribution in [0, 0.1) is 0 Å². The van der Waals surface area contributed by atoms with Crippen LogP contribution >= 0.6 is 0 Å². The van der Waals surface area contributed by atoms with Crippen LogP contribution in [0.3, 0.4) is 0 Å². The summed E-state index contributed by atoms with van der Waals surface area (Å²) >= 11 is 0. The number of benzene rings is 1. The normalized spacial score (nSPS) is 11.7. The minimum atomic E-state index is -3.24. The third-order valence-corrected chi connectivity index (χ3v) is 4.19. The number of rotatable bonds is 3. The van der Waals surface area contributed by atoms with Crippen LogP contribution in [-0.4, -0.2) is 20.8 Å². The van der Waals surface area contributed by atoms with E-state index in [4.69, 9.17) is 4.74 Å². The van der Waals surface area contributed by atoms with Crippen molar-refractivity contribution in [2.45, 2.75) is 24.0 Å². The van der Waals surface area contributed by atoms with Gasteiger partial charge in [-0.15, -0.1) is 0 Å². The van der Waals surface area contributed by atoms with Gasteiger partial charge < -0.3 is 4.74 Å². The van der Waals surface area contributed by atoms with Gasteiger partial charge in [0, 0.05) is 0 Å². The van der Waals surface area contributed by atoms with Gasteiger partial charge in [0.2, 0.25) is 0 Å². The number of para-hydroxylation sites is 1. The van der Waals surface area contributed by atoms with E-state index >= 15 is 0 Å². The van der Waals surface area contributed by atoms with E-state index < -0.39 is 15.1 Å². The van der Waals surface area contributed by atoms with E-state index in [1.54, 1.807) is 38.1 Å². The summed E-state index contributed by atoms with van der Waals surface area (Å²) in [5.74, 6) is 0.404. The van der Waals surface area contributed by atoms with Crippen molar-refractivity contribution < 1.29 is 13.2 Å². The van der Waals surface area contributed by atoms with Crippen molar-refractivity contribution in [3.63, 3.8) is 0 Å². The molecule has 0 aliphatic rings. The molecule has 0 spiro atoms. The number of sulfone groups is 1. The fourth-order valence-corrected chi connectivity index (χ4v) is 2.32. The average Bonchev–Trinajstić information content (AvgIpc) is 2.17. The minimum absolute atomic E-state index is 0.262. The van der Waals surface area contributed by atoms with E-state index in [2.05, 4.69) is 0 Å². The van der Waals surface area contributed by atoms with Crippen molar-refractivity contribution in [3.05, 3.63) is 24.3 Å². The number of methoxy groups -OCH3 is 1. The Morgan fingerprint density at radius 3 is 2.29 bits per heavy atom. The van der Waals surface area contributed by atoms with E-state index in [1.807, 2.05) is 0 Å². The van der Waals surface area contributed by atoms with Gasteiger partial charge in [0.05, 0.1) is 12.4 Å². The maximum absolute atomic E-state index is 11.8. The van der Waals surface area contributed by atoms with Gasteiger partial charge in [-0.1, -0.05) is 12.1 Å². The molecule has 1 aromatic rings. The Morgan fingerprint density at radius 1 is 1.21 bits per heavy atom. The smallest absolute Gasteiger partial charge is 0.184 e. The van der Waals surface area contributed by atoms with Crippen LogP contribution in [-0.2, 0) is 9.84 Å². The Hall–Kier alpha value is -1.03. The molecule has 3 nitrogen and oxygen atoms in total. The first-order chi connectivity index (χ1) is 6.50. The molecule has 1 aromatic carbocycles. The van der Waals surface area contributed by atoms with Crippen molar-refractivity contribution in [3.8, 4) is 5.75 Å². The van der Waals surface area contributed by atoms with Crippen molar-refractivity contribution in [2.75, 3.05) is 7.11 Å². The maximum atomic E-state index is 11.8. The lowest BCUT2D eigenvalue weighted by Crippen LogP contribution is -2.14. The fourth-order valence-electron chi connectivity index (χ4n) is 1.11. The zero-order valence-corrected chi connectivity index (χ0v) is 9.34. The molecule has 0 aliphatic carbocycles. The van der Waals surface area contributed by atoms with Gasteiger partial charge in [-0.05, 0) is 26.0 Å². The van der Waals surface area contributed by atoms with Gasteiger partial charge in [0.1, 0.15) is 10.6 Å². The summed E-state index contributed by atoms with van der Waals surface area (Å²) in [4.78, 5) is 0.262. The molecule has 0 aromatic heterocycles. The molecule has 0 fully saturated rings. The maximum Gasteiger partial charge on any atom is 0.184 e. The molecule has 0 amide bonds. The van der Waals surface area contributed by atoms with Crippen molar-refractivity contribution in [2.24, 2.45) is 0 Å². The predicted octanol–water partition coefficient (Wildman–Crippen LogP) is 1.88. The summed E-state index contributed by atoms with van der Waals surface area (Å²) in [5, 5.41) is -0.432. The summed E-state index contributed by atoms with van der Waals surface area (Å²) in [6.07, 6.45) is 0. The summed E-state index contributed by atoms with van der Waals surface area (Å²) in [6.45, 7) is 3.31. The fraction of sp³-hybridized carbons (Fsp3) is 0.400. The standard InChI is InChI=1S/C10H14O3S/c1-8(2)14(11,12)10-7-5-4-6-9(10)13-3/h4-8H,1-3H3. The molecule has 4 heteroatoms. The third-order valence-electron chi connectivity index (χ3n) is 2.00. The molecule has 14 heavy (non-hydrogen) atoms. The van der Waals surface area contributed by atoms with Crippen LogP contribution in [0.5, 0.6) is 5.75 Å². The van der Waals surface area contributed by atoms with E-state index in [1.165, 1.54) is 7.11 Å². The first kappa shape index (κ1) is 11.0. The topological polar surface area (TPSA) is 43.4 Å². The van der Waals surface area contributed by atoms with E-state index in [9.17, 15) is 8.42 Å². The molecule has 0 heterocycles. The molecule has 1 rings (SSSR count). The van der Waals surface area contributed by atoms with Gasteiger partial charge in [-0.3, -0.25) is 0 Å². The number of hydrogen-bond donors (Lipinski definition) is 0. The largest absolute Gasteiger partial charge is 0.495 e. The van der Waals surface area contributed by atoms with Crippen LogP contribution < -0.4 is 4.74 Å². The Bertz CT molecular complexity index is 407. The van der Waals surface area contributed by atoms with Gasteiger partial charge in [-0.2, -0.15) is 0 Å². The molecule has 0 saturated carbocycles. The summed E-state index contributed by atoms with van der Waals surface area (Å²) in [5.41, 5.74) is 0. The number of hydrogen-bond acceptors (Lipinski definition) is 3. The van der Waals surface area contributed by atoms with Crippen LogP contribution in [0.2, 0.25) is 0 Å². The quantitative estimate of drug-likeness (QED) is 0.771. The van der Waals surface area contributed by atoms with Crippen LogP contribution in [0.4, 0.5) is 0 Å². The second kappa shape index (κ2) is 4.00. The average molecular weight is 214 g/mol. The van der Waals surface area contributed by atoms with Crippen LogP contribution in [0.25, 0.3) is 0 Å². The molecule has 0 aliphatic heterocycles. The third kappa shape index (κ3) is 1.90. The molecule has 0 N–H and O–H groups in total. The van der Waals surface area contributed by atoms with E-state index in [0.717, 1.165) is 0 Å². The minimum Gasteiger partial charge on any atom is -0.495 e. The Labute approximate surface area is 84.6 Å². The van der Waals surface area contributed by atoms with Gasteiger partial charge in [-0.25, -0.2) is 8.42 Å². The highest BCUT2D eigenvalue weighted by Crippen LogP contribution is 2.26. The van der Waals surface area contributed by atoms with Crippen molar-refractivity contribution in [1.29, 1.82) is 0 Å². The monoisotopic (exact) mass is 214 g/mol. The highest BCUT2D eigenvalue weighted by molar-refractivity contribution is 7.92. The molecular weight excluding hydrogens is 200 g/mol.